The third-order valence-corrected chi connectivity index (χ3v) is 2.88. The number of alkyl halides is 1. The SMILES string of the molecule is C[C@@H](CI)CN1CC1. The van der Waals surface area contributed by atoms with Gasteiger partial charge in [-0.3, -0.25) is 0 Å². The van der Waals surface area contributed by atoms with Gasteiger partial charge < -0.3 is 4.90 Å². The summed E-state index contributed by atoms with van der Waals surface area (Å²) in [6.07, 6.45) is 0. The molecule has 0 saturated carbocycles. The van der Waals surface area contributed by atoms with Crippen LogP contribution in [0.25, 0.3) is 0 Å². The Labute approximate surface area is 64.6 Å². The summed E-state index contributed by atoms with van der Waals surface area (Å²) >= 11 is 2.45. The van der Waals surface area contributed by atoms with Gasteiger partial charge in [-0.1, -0.05) is 29.5 Å². The molecule has 0 aromatic carbocycles. The number of hydrogen-bond donors (Lipinski definition) is 0. The van der Waals surface area contributed by atoms with Gasteiger partial charge >= 0.3 is 0 Å². The molecule has 0 amide bonds. The molecule has 0 unspecified atom stereocenters. The number of halogens is 1. The van der Waals surface area contributed by atoms with E-state index in [0.29, 0.717) is 0 Å². The summed E-state index contributed by atoms with van der Waals surface area (Å²) < 4.78 is 1.30. The van der Waals surface area contributed by atoms with Crippen molar-refractivity contribution < 1.29 is 0 Å². The summed E-state index contributed by atoms with van der Waals surface area (Å²) in [5.41, 5.74) is 0. The van der Waals surface area contributed by atoms with Gasteiger partial charge in [0.05, 0.1) is 0 Å². The predicted molar refractivity (Wildman–Crippen MR) is 44.5 cm³/mol. The molecule has 0 aliphatic carbocycles. The van der Waals surface area contributed by atoms with Crippen molar-refractivity contribution in [2.75, 3.05) is 24.1 Å². The molecule has 1 fully saturated rings. The normalized spacial score (nSPS) is 23.2. The minimum Gasteiger partial charge on any atom is -0.301 e. The maximum Gasteiger partial charge on any atom is 0.0110 e. The van der Waals surface area contributed by atoms with E-state index >= 15 is 0 Å². The van der Waals surface area contributed by atoms with E-state index in [1.54, 1.807) is 0 Å². The minimum atomic E-state index is 0.901. The Balaban J connectivity index is 1.98. The highest BCUT2D eigenvalue weighted by Crippen LogP contribution is 2.09. The Morgan fingerprint density at radius 1 is 1.62 bits per heavy atom. The van der Waals surface area contributed by atoms with Gasteiger partial charge in [0.1, 0.15) is 0 Å². The number of rotatable bonds is 3. The van der Waals surface area contributed by atoms with Crippen LogP contribution in [0.15, 0.2) is 0 Å². The van der Waals surface area contributed by atoms with Crippen LogP contribution in [0, 0.1) is 5.92 Å². The number of nitrogens with zero attached hydrogens (tertiary/aromatic N) is 1. The van der Waals surface area contributed by atoms with E-state index in [4.69, 9.17) is 0 Å². The predicted octanol–water partition coefficient (Wildman–Crippen LogP) is 1.37. The zero-order chi connectivity index (χ0) is 5.98. The second kappa shape index (κ2) is 3.01. The second-order valence-electron chi connectivity index (χ2n) is 2.56. The molecule has 1 heterocycles. The van der Waals surface area contributed by atoms with Crippen LogP contribution < -0.4 is 0 Å². The van der Waals surface area contributed by atoms with Crippen molar-refractivity contribution in [3.63, 3.8) is 0 Å². The van der Waals surface area contributed by atoms with Crippen LogP contribution in [-0.4, -0.2) is 29.0 Å². The van der Waals surface area contributed by atoms with Crippen LogP contribution in [0.2, 0.25) is 0 Å². The quantitative estimate of drug-likeness (QED) is 0.398. The van der Waals surface area contributed by atoms with Crippen molar-refractivity contribution in [3.8, 4) is 0 Å². The van der Waals surface area contributed by atoms with E-state index < -0.39 is 0 Å². The van der Waals surface area contributed by atoms with Crippen molar-refractivity contribution >= 4 is 22.6 Å². The molecule has 0 bridgehead atoms. The molecule has 0 aromatic rings. The molecule has 0 spiro atoms. The van der Waals surface area contributed by atoms with Gasteiger partial charge in [-0.25, -0.2) is 0 Å². The van der Waals surface area contributed by atoms with Gasteiger partial charge in [0.15, 0.2) is 0 Å². The Hall–Kier alpha value is 0.690. The molecule has 48 valence electrons. The molecule has 2 heteroatoms. The molecule has 0 N–H and O–H groups in total. The third kappa shape index (κ3) is 2.31. The molecule has 1 atom stereocenters. The van der Waals surface area contributed by atoms with Crippen molar-refractivity contribution in [2.45, 2.75) is 6.92 Å². The van der Waals surface area contributed by atoms with Gasteiger partial charge in [0.2, 0.25) is 0 Å². The standard InChI is InChI=1S/C6H12IN/c1-6(4-7)5-8-2-3-8/h6H,2-5H2,1H3/t6-/m0/s1. The first kappa shape index (κ1) is 6.81. The maximum absolute atomic E-state index is 2.48. The molecule has 1 aliphatic rings. The highest BCUT2D eigenvalue weighted by Gasteiger charge is 2.18. The van der Waals surface area contributed by atoms with Crippen molar-refractivity contribution in [2.24, 2.45) is 5.92 Å². The lowest BCUT2D eigenvalue weighted by molar-refractivity contribution is 0.468. The van der Waals surface area contributed by atoms with E-state index in [0.717, 1.165) is 5.92 Å². The topological polar surface area (TPSA) is 3.01 Å². The van der Waals surface area contributed by atoms with Gasteiger partial charge in [-0.15, -0.1) is 0 Å². The van der Waals surface area contributed by atoms with Crippen molar-refractivity contribution in [3.05, 3.63) is 0 Å². The Morgan fingerprint density at radius 3 is 2.62 bits per heavy atom. The molecule has 1 aliphatic heterocycles. The Bertz CT molecular complexity index is 70.9. The van der Waals surface area contributed by atoms with Crippen LogP contribution in [0.3, 0.4) is 0 Å². The highest BCUT2D eigenvalue weighted by atomic mass is 127. The van der Waals surface area contributed by atoms with E-state index in [1.807, 2.05) is 0 Å². The summed E-state index contributed by atoms with van der Waals surface area (Å²) in [6.45, 7) is 6.33. The van der Waals surface area contributed by atoms with E-state index in [1.165, 1.54) is 24.1 Å². The highest BCUT2D eigenvalue weighted by molar-refractivity contribution is 14.1. The molecular formula is C6H12IN. The van der Waals surface area contributed by atoms with E-state index in [-0.39, 0.29) is 0 Å². The van der Waals surface area contributed by atoms with Crippen LogP contribution in [0.5, 0.6) is 0 Å². The second-order valence-corrected chi connectivity index (χ2v) is 3.44. The largest absolute Gasteiger partial charge is 0.301 e. The summed E-state index contributed by atoms with van der Waals surface area (Å²) in [5.74, 6) is 0.901. The van der Waals surface area contributed by atoms with E-state index in [2.05, 4.69) is 34.4 Å². The van der Waals surface area contributed by atoms with Gasteiger partial charge in [-0.2, -0.15) is 0 Å². The number of hydrogen-bond acceptors (Lipinski definition) is 1. The van der Waals surface area contributed by atoms with Gasteiger partial charge in [-0.05, 0) is 5.92 Å². The first-order valence-electron chi connectivity index (χ1n) is 3.11. The van der Waals surface area contributed by atoms with Crippen LogP contribution >= 0.6 is 22.6 Å². The summed E-state index contributed by atoms with van der Waals surface area (Å²) in [6, 6.07) is 0. The molecule has 1 rings (SSSR count). The van der Waals surface area contributed by atoms with E-state index in [9.17, 15) is 0 Å². The lowest BCUT2D eigenvalue weighted by Crippen LogP contribution is -2.10. The van der Waals surface area contributed by atoms with Crippen molar-refractivity contribution in [1.82, 2.24) is 4.90 Å². The molecule has 1 nitrogen and oxygen atoms in total. The van der Waals surface area contributed by atoms with Crippen LogP contribution in [-0.2, 0) is 0 Å². The van der Waals surface area contributed by atoms with Crippen LogP contribution in [0.1, 0.15) is 6.92 Å². The lowest BCUT2D eigenvalue weighted by Gasteiger charge is -2.05. The molecule has 8 heavy (non-hydrogen) atoms. The molecule has 0 radical (unpaired) electrons. The zero-order valence-corrected chi connectivity index (χ0v) is 7.39. The van der Waals surface area contributed by atoms with Gasteiger partial charge in [0.25, 0.3) is 0 Å². The smallest absolute Gasteiger partial charge is 0.0110 e. The van der Waals surface area contributed by atoms with Crippen LogP contribution in [0.4, 0.5) is 0 Å². The van der Waals surface area contributed by atoms with Gasteiger partial charge in [0, 0.05) is 24.1 Å². The monoisotopic (exact) mass is 225 g/mol. The summed E-state index contributed by atoms with van der Waals surface area (Å²) in [7, 11) is 0. The minimum absolute atomic E-state index is 0.901. The summed E-state index contributed by atoms with van der Waals surface area (Å²) in [4.78, 5) is 2.48. The fourth-order valence-electron chi connectivity index (χ4n) is 0.743. The first-order valence-corrected chi connectivity index (χ1v) is 4.64. The lowest BCUT2D eigenvalue weighted by atomic mass is 10.2. The van der Waals surface area contributed by atoms with Crippen molar-refractivity contribution in [1.29, 1.82) is 0 Å². The molecule has 1 saturated heterocycles. The Kier molecular flexibility index (Phi) is 2.56. The fourth-order valence-corrected chi connectivity index (χ4v) is 1.02. The average molecular weight is 225 g/mol. The summed E-state index contributed by atoms with van der Waals surface area (Å²) in [5, 5.41) is 0. The Morgan fingerprint density at radius 2 is 2.25 bits per heavy atom. The average Bonchev–Trinajstić information content (AvgIpc) is 2.50. The third-order valence-electron chi connectivity index (χ3n) is 1.37. The fraction of sp³-hybridized carbons (Fsp3) is 1.00. The molecular weight excluding hydrogens is 213 g/mol. The zero-order valence-electron chi connectivity index (χ0n) is 5.23. The molecule has 0 aromatic heterocycles. The maximum atomic E-state index is 2.48. The first-order chi connectivity index (χ1) is 3.83.